The fourth-order valence-electron chi connectivity index (χ4n) is 3.77. The van der Waals surface area contributed by atoms with Gasteiger partial charge in [0.2, 0.25) is 0 Å². The number of hydrogen-bond acceptors (Lipinski definition) is 7. The first kappa shape index (κ1) is 19.2. The van der Waals surface area contributed by atoms with Crippen LogP contribution in [0.15, 0.2) is 0 Å². The average molecular weight is 378 g/mol. The van der Waals surface area contributed by atoms with Crippen molar-refractivity contribution in [3.8, 4) is 0 Å². The number of esters is 1. The summed E-state index contributed by atoms with van der Waals surface area (Å²) in [6, 6.07) is -0.529. The fourth-order valence-corrected chi connectivity index (χ4v) is 3.77. The molecule has 2 atom stereocenters. The Morgan fingerprint density at radius 3 is 2.93 bits per heavy atom. The first-order chi connectivity index (χ1) is 13.0. The Morgan fingerprint density at radius 1 is 1.37 bits per heavy atom. The molecular formula is C17H26N6O4. The largest absolute Gasteiger partial charge is 0.456 e. The van der Waals surface area contributed by atoms with Gasteiger partial charge in [0.25, 0.3) is 5.91 Å². The number of nitrogens with one attached hydrogen (secondary N) is 1. The van der Waals surface area contributed by atoms with Crippen LogP contribution in [0.1, 0.15) is 58.2 Å². The number of hydrogen-bond donors (Lipinski definition) is 1. The van der Waals surface area contributed by atoms with Crippen molar-refractivity contribution in [2.45, 2.75) is 71.1 Å². The van der Waals surface area contributed by atoms with Crippen LogP contribution in [0.3, 0.4) is 0 Å². The van der Waals surface area contributed by atoms with E-state index in [1.807, 2.05) is 6.92 Å². The lowest BCUT2D eigenvalue weighted by atomic mass is 9.73. The molecule has 3 rings (SSSR count). The molecule has 0 bridgehead atoms. The van der Waals surface area contributed by atoms with Gasteiger partial charge in [0.05, 0.1) is 0 Å². The molecule has 0 aromatic carbocycles. The van der Waals surface area contributed by atoms with E-state index in [1.165, 1.54) is 0 Å². The third-order valence-electron chi connectivity index (χ3n) is 5.48. The Bertz CT molecular complexity index is 720. The normalized spacial score (nSPS) is 25.1. The second kappa shape index (κ2) is 8.01. The van der Waals surface area contributed by atoms with E-state index < -0.39 is 24.1 Å². The molecule has 1 spiro atoms. The third kappa shape index (κ3) is 3.79. The summed E-state index contributed by atoms with van der Waals surface area (Å²) >= 11 is 0. The van der Waals surface area contributed by atoms with Crippen molar-refractivity contribution in [3.63, 3.8) is 0 Å². The van der Waals surface area contributed by atoms with Crippen LogP contribution in [-0.4, -0.2) is 55.1 Å². The second-order valence-corrected chi connectivity index (χ2v) is 7.27. The molecule has 0 unspecified atom stereocenters. The van der Waals surface area contributed by atoms with Gasteiger partial charge in [-0.25, -0.2) is 9.48 Å². The standard InChI is InChI=1S/C17H26N6O4/c1-3-4-9-23-13(19-20-21-23)11-27-14(24)10-22-15(25)17(18-16(22)26)8-6-5-7-12(17)2/h12H,3-11H2,1-2H3,(H,18,26)/t12-,17+/m0/s1. The minimum absolute atomic E-state index is 0.0481. The molecule has 2 fully saturated rings. The lowest BCUT2D eigenvalue weighted by Crippen LogP contribution is -2.54. The summed E-state index contributed by atoms with van der Waals surface area (Å²) in [7, 11) is 0. The van der Waals surface area contributed by atoms with Crippen LogP contribution >= 0.6 is 0 Å². The van der Waals surface area contributed by atoms with Crippen molar-refractivity contribution in [2.75, 3.05) is 6.54 Å². The zero-order chi connectivity index (χ0) is 19.4. The Labute approximate surface area is 157 Å². The number of rotatable bonds is 7. The number of tetrazole rings is 1. The van der Waals surface area contributed by atoms with E-state index in [-0.39, 0.29) is 18.4 Å². The molecule has 2 aliphatic rings. The second-order valence-electron chi connectivity index (χ2n) is 7.27. The maximum absolute atomic E-state index is 12.8. The van der Waals surface area contributed by atoms with E-state index in [0.717, 1.165) is 37.0 Å². The van der Waals surface area contributed by atoms with Crippen molar-refractivity contribution < 1.29 is 19.1 Å². The minimum atomic E-state index is -0.875. The van der Waals surface area contributed by atoms with Gasteiger partial charge in [0, 0.05) is 6.54 Å². The van der Waals surface area contributed by atoms with Gasteiger partial charge in [0.15, 0.2) is 12.4 Å². The predicted molar refractivity (Wildman–Crippen MR) is 93.1 cm³/mol. The van der Waals surface area contributed by atoms with E-state index in [0.29, 0.717) is 18.8 Å². The van der Waals surface area contributed by atoms with Crippen LogP contribution in [0.4, 0.5) is 4.79 Å². The molecule has 1 aromatic rings. The summed E-state index contributed by atoms with van der Waals surface area (Å²) in [5.74, 6) is -0.508. The Kier molecular flexibility index (Phi) is 5.71. The zero-order valence-corrected chi connectivity index (χ0v) is 15.8. The molecule has 2 heterocycles. The number of urea groups is 1. The van der Waals surface area contributed by atoms with E-state index in [2.05, 4.69) is 27.8 Å². The predicted octanol–water partition coefficient (Wildman–Crippen LogP) is 1.02. The summed E-state index contributed by atoms with van der Waals surface area (Å²) in [6.07, 6.45) is 5.32. The number of carbonyl (C=O) groups excluding carboxylic acids is 3. The summed E-state index contributed by atoms with van der Waals surface area (Å²) in [4.78, 5) is 38.3. The Balaban J connectivity index is 1.57. The zero-order valence-electron chi connectivity index (χ0n) is 15.8. The molecule has 10 heteroatoms. The molecule has 1 N–H and O–H groups in total. The van der Waals surface area contributed by atoms with Crippen molar-refractivity contribution in [2.24, 2.45) is 5.92 Å². The fraction of sp³-hybridized carbons (Fsp3) is 0.765. The highest BCUT2D eigenvalue weighted by Gasteiger charge is 2.55. The van der Waals surface area contributed by atoms with E-state index >= 15 is 0 Å². The molecule has 1 saturated carbocycles. The molecule has 1 aliphatic heterocycles. The summed E-state index contributed by atoms with van der Waals surface area (Å²) in [5.41, 5.74) is -0.875. The summed E-state index contributed by atoms with van der Waals surface area (Å²) < 4.78 is 6.78. The van der Waals surface area contributed by atoms with E-state index in [9.17, 15) is 14.4 Å². The maximum Gasteiger partial charge on any atom is 0.326 e. The van der Waals surface area contributed by atoms with Gasteiger partial charge in [-0.2, -0.15) is 0 Å². The molecule has 3 amide bonds. The van der Waals surface area contributed by atoms with Crippen LogP contribution in [-0.2, 0) is 27.5 Å². The number of aryl methyl sites for hydroxylation is 1. The average Bonchev–Trinajstić information content (AvgIpc) is 3.19. The first-order valence-corrected chi connectivity index (χ1v) is 9.52. The van der Waals surface area contributed by atoms with E-state index in [4.69, 9.17) is 4.74 Å². The van der Waals surface area contributed by atoms with Crippen molar-refractivity contribution in [1.29, 1.82) is 0 Å². The number of nitrogens with zero attached hydrogens (tertiary/aromatic N) is 5. The van der Waals surface area contributed by atoms with Crippen molar-refractivity contribution in [1.82, 2.24) is 30.4 Å². The number of imide groups is 1. The van der Waals surface area contributed by atoms with Crippen LogP contribution < -0.4 is 5.32 Å². The van der Waals surface area contributed by atoms with Crippen molar-refractivity contribution in [3.05, 3.63) is 5.82 Å². The van der Waals surface area contributed by atoms with Gasteiger partial charge in [-0.3, -0.25) is 14.5 Å². The molecule has 0 radical (unpaired) electrons. The number of amides is 3. The van der Waals surface area contributed by atoms with Crippen LogP contribution in [0.25, 0.3) is 0 Å². The Morgan fingerprint density at radius 2 is 2.19 bits per heavy atom. The van der Waals surface area contributed by atoms with Crippen LogP contribution in [0.5, 0.6) is 0 Å². The van der Waals surface area contributed by atoms with Gasteiger partial charge in [-0.1, -0.05) is 33.1 Å². The molecule has 148 valence electrons. The SMILES string of the molecule is CCCCn1nnnc1COC(=O)CN1C(=O)N[C@@]2(CCCC[C@@H]2C)C1=O. The van der Waals surface area contributed by atoms with E-state index in [1.54, 1.807) is 4.68 Å². The highest BCUT2D eigenvalue weighted by atomic mass is 16.5. The third-order valence-corrected chi connectivity index (χ3v) is 5.48. The summed E-state index contributed by atoms with van der Waals surface area (Å²) in [6.45, 7) is 4.16. The summed E-state index contributed by atoms with van der Waals surface area (Å²) in [5, 5.41) is 14.1. The molecule has 1 saturated heterocycles. The van der Waals surface area contributed by atoms with Crippen molar-refractivity contribution >= 4 is 17.9 Å². The van der Waals surface area contributed by atoms with Crippen LogP contribution in [0, 0.1) is 5.92 Å². The van der Waals surface area contributed by atoms with Gasteiger partial charge in [0.1, 0.15) is 12.1 Å². The minimum Gasteiger partial charge on any atom is -0.456 e. The van der Waals surface area contributed by atoms with Gasteiger partial charge < -0.3 is 10.1 Å². The molecule has 27 heavy (non-hydrogen) atoms. The molecule has 10 nitrogen and oxygen atoms in total. The topological polar surface area (TPSA) is 119 Å². The monoisotopic (exact) mass is 378 g/mol. The molecule has 1 aliphatic carbocycles. The maximum atomic E-state index is 12.8. The number of carbonyl (C=O) groups is 3. The number of ether oxygens (including phenoxy) is 1. The quantitative estimate of drug-likeness (QED) is 0.555. The van der Waals surface area contributed by atoms with Gasteiger partial charge >= 0.3 is 12.0 Å². The molecular weight excluding hydrogens is 352 g/mol. The first-order valence-electron chi connectivity index (χ1n) is 9.52. The molecule has 1 aromatic heterocycles. The highest BCUT2D eigenvalue weighted by molar-refractivity contribution is 6.08. The lowest BCUT2D eigenvalue weighted by Gasteiger charge is -2.36. The number of aromatic nitrogens is 4. The van der Waals surface area contributed by atoms with Gasteiger partial charge in [-0.05, 0) is 35.6 Å². The van der Waals surface area contributed by atoms with Crippen LogP contribution in [0.2, 0.25) is 0 Å². The number of unbranched alkanes of at least 4 members (excludes halogenated alkanes) is 1. The smallest absolute Gasteiger partial charge is 0.326 e. The highest BCUT2D eigenvalue weighted by Crippen LogP contribution is 2.38. The Hall–Kier alpha value is -2.52. The van der Waals surface area contributed by atoms with Gasteiger partial charge in [-0.15, -0.1) is 5.10 Å². The lowest BCUT2D eigenvalue weighted by molar-refractivity contribution is -0.149.